The van der Waals surface area contributed by atoms with Gasteiger partial charge in [-0.15, -0.1) is 0 Å². The van der Waals surface area contributed by atoms with Crippen molar-refractivity contribution in [3.05, 3.63) is 78.1 Å². The fourth-order valence-electron chi connectivity index (χ4n) is 2.97. The molecule has 0 saturated heterocycles. The Morgan fingerprint density at radius 3 is 2.60 bits per heavy atom. The molecule has 0 spiro atoms. The van der Waals surface area contributed by atoms with E-state index >= 15 is 0 Å². The van der Waals surface area contributed by atoms with Crippen LogP contribution in [-0.2, 0) is 13.0 Å². The number of imidazole rings is 1. The molecule has 3 aromatic rings. The lowest BCUT2D eigenvalue weighted by Gasteiger charge is -2.16. The number of nitrogens with one attached hydrogen (secondary N) is 1. The third kappa shape index (κ3) is 4.53. The molecule has 0 amide bonds. The van der Waals surface area contributed by atoms with Gasteiger partial charge < -0.3 is 10.4 Å². The highest BCUT2D eigenvalue weighted by Crippen LogP contribution is 2.14. The van der Waals surface area contributed by atoms with Crippen LogP contribution in [0, 0.1) is 12.8 Å². The SMILES string of the molecule is Cc1ncc(CNCC(CO)Cc2ccccn2)n1-c1ccccc1. The summed E-state index contributed by atoms with van der Waals surface area (Å²) in [5, 5.41) is 13.1. The Labute approximate surface area is 148 Å². The number of aryl methyl sites for hydroxylation is 1. The van der Waals surface area contributed by atoms with Crippen LogP contribution in [0.5, 0.6) is 0 Å². The van der Waals surface area contributed by atoms with Crippen LogP contribution in [-0.4, -0.2) is 32.8 Å². The lowest BCUT2D eigenvalue weighted by molar-refractivity contribution is 0.220. The van der Waals surface area contributed by atoms with Crippen molar-refractivity contribution >= 4 is 0 Å². The molecule has 5 nitrogen and oxygen atoms in total. The number of aliphatic hydroxyl groups excluding tert-OH is 1. The number of hydrogen-bond donors (Lipinski definition) is 2. The van der Waals surface area contributed by atoms with E-state index in [4.69, 9.17) is 0 Å². The quantitative estimate of drug-likeness (QED) is 0.663. The van der Waals surface area contributed by atoms with E-state index in [0.717, 1.165) is 35.9 Å². The summed E-state index contributed by atoms with van der Waals surface area (Å²) < 4.78 is 2.15. The molecule has 2 aromatic heterocycles. The normalized spacial score (nSPS) is 12.2. The van der Waals surface area contributed by atoms with Gasteiger partial charge in [0.1, 0.15) is 5.82 Å². The van der Waals surface area contributed by atoms with Crippen LogP contribution in [0.25, 0.3) is 5.69 Å². The van der Waals surface area contributed by atoms with E-state index in [1.54, 1.807) is 6.20 Å². The van der Waals surface area contributed by atoms with Gasteiger partial charge in [0.15, 0.2) is 0 Å². The van der Waals surface area contributed by atoms with Crippen molar-refractivity contribution in [2.24, 2.45) is 5.92 Å². The zero-order valence-corrected chi connectivity index (χ0v) is 14.5. The number of pyridine rings is 1. The summed E-state index contributed by atoms with van der Waals surface area (Å²) >= 11 is 0. The topological polar surface area (TPSA) is 63.0 Å². The summed E-state index contributed by atoms with van der Waals surface area (Å²) in [4.78, 5) is 8.78. The Morgan fingerprint density at radius 2 is 1.88 bits per heavy atom. The Bertz CT molecular complexity index is 771. The van der Waals surface area contributed by atoms with Gasteiger partial charge in [-0.1, -0.05) is 24.3 Å². The zero-order valence-electron chi connectivity index (χ0n) is 14.5. The van der Waals surface area contributed by atoms with Gasteiger partial charge in [0, 0.05) is 37.3 Å². The van der Waals surface area contributed by atoms with Gasteiger partial charge in [-0.3, -0.25) is 9.55 Å². The van der Waals surface area contributed by atoms with Gasteiger partial charge in [-0.2, -0.15) is 0 Å². The minimum absolute atomic E-state index is 0.139. The number of para-hydroxylation sites is 1. The first kappa shape index (κ1) is 17.3. The van der Waals surface area contributed by atoms with Crippen LogP contribution in [0.4, 0.5) is 0 Å². The molecule has 0 aliphatic carbocycles. The van der Waals surface area contributed by atoms with E-state index < -0.39 is 0 Å². The second-order valence-electron chi connectivity index (χ2n) is 6.17. The third-order valence-electron chi connectivity index (χ3n) is 4.25. The van der Waals surface area contributed by atoms with E-state index in [0.29, 0.717) is 6.54 Å². The van der Waals surface area contributed by atoms with Gasteiger partial charge in [-0.25, -0.2) is 4.98 Å². The lowest BCUT2D eigenvalue weighted by Crippen LogP contribution is -2.27. The highest BCUT2D eigenvalue weighted by Gasteiger charge is 2.11. The summed E-state index contributed by atoms with van der Waals surface area (Å²) in [5.41, 5.74) is 3.23. The van der Waals surface area contributed by atoms with Crippen molar-refractivity contribution < 1.29 is 5.11 Å². The molecule has 2 N–H and O–H groups in total. The molecular weight excluding hydrogens is 312 g/mol. The van der Waals surface area contributed by atoms with Gasteiger partial charge in [0.05, 0.1) is 11.9 Å². The predicted octanol–water partition coefficient (Wildman–Crippen LogP) is 2.52. The maximum absolute atomic E-state index is 9.64. The van der Waals surface area contributed by atoms with Crippen LogP contribution in [0.1, 0.15) is 17.2 Å². The molecular formula is C20H24N4O. The molecule has 1 atom stereocenters. The highest BCUT2D eigenvalue weighted by atomic mass is 16.3. The van der Waals surface area contributed by atoms with Gasteiger partial charge in [-0.05, 0) is 43.5 Å². The number of aromatic nitrogens is 3. The molecule has 0 fully saturated rings. The van der Waals surface area contributed by atoms with Crippen LogP contribution < -0.4 is 5.32 Å². The molecule has 0 saturated carbocycles. The smallest absolute Gasteiger partial charge is 0.110 e. The van der Waals surface area contributed by atoms with Crippen molar-refractivity contribution in [2.45, 2.75) is 19.9 Å². The van der Waals surface area contributed by atoms with E-state index in [1.807, 2.05) is 49.5 Å². The Hall–Kier alpha value is -2.50. The first-order valence-corrected chi connectivity index (χ1v) is 8.58. The van der Waals surface area contributed by atoms with Crippen LogP contribution in [0.2, 0.25) is 0 Å². The molecule has 3 rings (SSSR count). The monoisotopic (exact) mass is 336 g/mol. The maximum atomic E-state index is 9.64. The van der Waals surface area contributed by atoms with Gasteiger partial charge in [0.25, 0.3) is 0 Å². The van der Waals surface area contributed by atoms with E-state index in [9.17, 15) is 5.11 Å². The summed E-state index contributed by atoms with van der Waals surface area (Å²) in [5.74, 6) is 1.11. The number of aliphatic hydroxyl groups is 1. The molecule has 0 bridgehead atoms. The zero-order chi connectivity index (χ0) is 17.5. The number of nitrogens with zero attached hydrogens (tertiary/aromatic N) is 3. The average molecular weight is 336 g/mol. The molecule has 5 heteroatoms. The number of benzene rings is 1. The van der Waals surface area contributed by atoms with E-state index in [1.165, 1.54) is 0 Å². The fraction of sp³-hybridized carbons (Fsp3) is 0.300. The van der Waals surface area contributed by atoms with Crippen molar-refractivity contribution in [1.82, 2.24) is 19.9 Å². The number of hydrogen-bond acceptors (Lipinski definition) is 4. The molecule has 0 aliphatic rings. The maximum Gasteiger partial charge on any atom is 0.110 e. The minimum atomic E-state index is 0.139. The standard InChI is InChI=1S/C20H24N4O/c1-16-23-14-20(24(16)19-8-3-2-4-9-19)13-21-12-17(15-25)11-18-7-5-6-10-22-18/h2-10,14,17,21,25H,11-13,15H2,1H3. The molecule has 0 radical (unpaired) electrons. The molecule has 1 unspecified atom stereocenters. The average Bonchev–Trinajstić information content (AvgIpc) is 3.03. The fourth-order valence-corrected chi connectivity index (χ4v) is 2.97. The van der Waals surface area contributed by atoms with E-state index in [-0.39, 0.29) is 12.5 Å². The Morgan fingerprint density at radius 1 is 1.08 bits per heavy atom. The highest BCUT2D eigenvalue weighted by molar-refractivity contribution is 5.35. The molecule has 25 heavy (non-hydrogen) atoms. The lowest BCUT2D eigenvalue weighted by atomic mass is 10.0. The van der Waals surface area contributed by atoms with Crippen molar-refractivity contribution in [2.75, 3.05) is 13.2 Å². The Balaban J connectivity index is 1.60. The van der Waals surface area contributed by atoms with Gasteiger partial charge >= 0.3 is 0 Å². The summed E-state index contributed by atoms with van der Waals surface area (Å²) in [6.45, 7) is 3.58. The first-order chi connectivity index (χ1) is 12.3. The van der Waals surface area contributed by atoms with Gasteiger partial charge in [0.2, 0.25) is 0 Å². The van der Waals surface area contributed by atoms with Crippen LogP contribution in [0.15, 0.2) is 60.9 Å². The van der Waals surface area contributed by atoms with Crippen molar-refractivity contribution in [3.8, 4) is 5.69 Å². The molecule has 0 aliphatic heterocycles. The summed E-state index contributed by atoms with van der Waals surface area (Å²) in [6.07, 6.45) is 4.46. The summed E-state index contributed by atoms with van der Waals surface area (Å²) in [6, 6.07) is 16.1. The molecule has 2 heterocycles. The largest absolute Gasteiger partial charge is 0.396 e. The summed E-state index contributed by atoms with van der Waals surface area (Å²) in [7, 11) is 0. The predicted molar refractivity (Wildman–Crippen MR) is 98.5 cm³/mol. The molecule has 1 aromatic carbocycles. The first-order valence-electron chi connectivity index (χ1n) is 8.58. The second kappa shape index (κ2) is 8.55. The minimum Gasteiger partial charge on any atom is -0.396 e. The number of rotatable bonds is 8. The van der Waals surface area contributed by atoms with Crippen molar-refractivity contribution in [3.63, 3.8) is 0 Å². The van der Waals surface area contributed by atoms with Crippen LogP contribution >= 0.6 is 0 Å². The molecule has 130 valence electrons. The third-order valence-corrected chi connectivity index (χ3v) is 4.25. The van der Waals surface area contributed by atoms with E-state index in [2.05, 4.69) is 32.0 Å². The van der Waals surface area contributed by atoms with Crippen molar-refractivity contribution in [1.29, 1.82) is 0 Å². The Kier molecular flexibility index (Phi) is 5.93. The second-order valence-corrected chi connectivity index (χ2v) is 6.17. The van der Waals surface area contributed by atoms with Crippen LogP contribution in [0.3, 0.4) is 0 Å².